The summed E-state index contributed by atoms with van der Waals surface area (Å²) in [5.74, 6) is 1.76. The number of hydrogen-bond donors (Lipinski definition) is 2. The van der Waals surface area contributed by atoms with Gasteiger partial charge in [-0.1, -0.05) is 36.8 Å². The number of nitrogens with zero attached hydrogens (tertiary/aromatic N) is 5. The van der Waals surface area contributed by atoms with Crippen LogP contribution in [0, 0.1) is 6.92 Å². The third-order valence-electron chi connectivity index (χ3n) is 5.56. The molecule has 0 spiro atoms. The highest BCUT2D eigenvalue weighted by molar-refractivity contribution is 5.80. The molecule has 1 fully saturated rings. The molecule has 1 aromatic heterocycles. The summed E-state index contributed by atoms with van der Waals surface area (Å²) in [5, 5.41) is 15.1. The van der Waals surface area contributed by atoms with E-state index in [4.69, 9.17) is 9.73 Å². The number of hydrogen-bond acceptors (Lipinski definition) is 5. The second-order valence-electron chi connectivity index (χ2n) is 7.98. The Morgan fingerprint density at radius 1 is 1.22 bits per heavy atom. The van der Waals surface area contributed by atoms with Crippen LogP contribution in [-0.2, 0) is 24.2 Å². The third-order valence-corrected chi connectivity index (χ3v) is 5.56. The molecule has 9 nitrogen and oxygen atoms in total. The number of rotatable bonds is 8. The minimum Gasteiger partial charge on any atom is -0.450 e. The Morgan fingerprint density at radius 2 is 1.97 bits per heavy atom. The molecule has 1 amide bonds. The molecule has 0 saturated carbocycles. The summed E-state index contributed by atoms with van der Waals surface area (Å²) >= 11 is 0. The van der Waals surface area contributed by atoms with Crippen LogP contribution in [0.3, 0.4) is 0 Å². The predicted octanol–water partition coefficient (Wildman–Crippen LogP) is 2.51. The van der Waals surface area contributed by atoms with Gasteiger partial charge in [0.2, 0.25) is 0 Å². The van der Waals surface area contributed by atoms with Crippen molar-refractivity contribution in [1.29, 1.82) is 0 Å². The molecule has 1 aliphatic heterocycles. The van der Waals surface area contributed by atoms with Gasteiger partial charge in [-0.2, -0.15) is 0 Å². The Balaban J connectivity index is 1.57. The van der Waals surface area contributed by atoms with E-state index in [-0.39, 0.29) is 12.1 Å². The van der Waals surface area contributed by atoms with Gasteiger partial charge in [0.1, 0.15) is 12.2 Å². The molecule has 1 saturated heterocycles. The van der Waals surface area contributed by atoms with Gasteiger partial charge < -0.3 is 24.8 Å². The number of aromatic nitrogens is 3. The average Bonchev–Trinajstić information content (AvgIpc) is 3.26. The Bertz CT molecular complexity index is 871. The van der Waals surface area contributed by atoms with Crippen molar-refractivity contribution in [2.24, 2.45) is 4.99 Å². The fourth-order valence-corrected chi connectivity index (χ4v) is 3.67. The molecule has 1 aliphatic rings. The summed E-state index contributed by atoms with van der Waals surface area (Å²) in [5.41, 5.74) is 2.41. The summed E-state index contributed by atoms with van der Waals surface area (Å²) in [6, 6.07) is 8.69. The Morgan fingerprint density at radius 3 is 2.66 bits per heavy atom. The largest absolute Gasteiger partial charge is 0.450 e. The quantitative estimate of drug-likeness (QED) is 0.483. The smallest absolute Gasteiger partial charge is 0.409 e. The predicted molar refractivity (Wildman–Crippen MR) is 124 cm³/mol. The number of amides is 1. The van der Waals surface area contributed by atoms with Crippen LogP contribution in [0.2, 0.25) is 0 Å². The maximum Gasteiger partial charge on any atom is 0.409 e. The first-order chi connectivity index (χ1) is 15.6. The van der Waals surface area contributed by atoms with Gasteiger partial charge in [-0.25, -0.2) is 9.79 Å². The van der Waals surface area contributed by atoms with Gasteiger partial charge in [0.15, 0.2) is 5.96 Å². The van der Waals surface area contributed by atoms with Crippen molar-refractivity contribution in [3.63, 3.8) is 0 Å². The number of aryl methyl sites for hydroxylation is 2. The Hall–Kier alpha value is -3.10. The lowest BCUT2D eigenvalue weighted by Gasteiger charge is -2.32. The number of ether oxygens (including phenoxy) is 1. The summed E-state index contributed by atoms with van der Waals surface area (Å²) in [7, 11) is 0. The lowest BCUT2D eigenvalue weighted by atomic mass is 10.1. The van der Waals surface area contributed by atoms with Crippen molar-refractivity contribution in [1.82, 2.24) is 30.3 Å². The van der Waals surface area contributed by atoms with E-state index < -0.39 is 0 Å². The van der Waals surface area contributed by atoms with Gasteiger partial charge >= 0.3 is 6.09 Å². The summed E-state index contributed by atoms with van der Waals surface area (Å²) < 4.78 is 7.18. The van der Waals surface area contributed by atoms with E-state index in [1.165, 1.54) is 11.1 Å². The van der Waals surface area contributed by atoms with Crippen LogP contribution in [-0.4, -0.2) is 64.0 Å². The molecule has 3 rings (SSSR count). The monoisotopic (exact) mass is 441 g/mol. The van der Waals surface area contributed by atoms with Crippen molar-refractivity contribution < 1.29 is 9.53 Å². The third kappa shape index (κ3) is 6.96. The highest BCUT2D eigenvalue weighted by Gasteiger charge is 2.24. The molecule has 2 heterocycles. The van der Waals surface area contributed by atoms with Gasteiger partial charge in [0.25, 0.3) is 0 Å². The fourth-order valence-electron chi connectivity index (χ4n) is 3.67. The molecule has 0 bridgehead atoms. The van der Waals surface area contributed by atoms with Crippen LogP contribution < -0.4 is 10.6 Å². The molecule has 0 atom stereocenters. The number of piperidine rings is 1. The highest BCUT2D eigenvalue weighted by Crippen LogP contribution is 2.12. The first kappa shape index (κ1) is 23.6. The van der Waals surface area contributed by atoms with E-state index in [9.17, 15) is 4.79 Å². The standard InChI is InChI=1S/C23H35N7O2/c1-4-21-28-26-17-30(21)15-12-24-22(25-16-19-8-6-18(3)7-9-19)27-20-10-13-29(14-11-20)23(31)32-5-2/h6-9,17,20H,4-5,10-16H2,1-3H3,(H2,24,25,27). The summed E-state index contributed by atoms with van der Waals surface area (Å²) in [4.78, 5) is 18.5. The second kappa shape index (κ2) is 12.1. The first-order valence-corrected chi connectivity index (χ1v) is 11.5. The summed E-state index contributed by atoms with van der Waals surface area (Å²) in [6.45, 7) is 9.84. The number of carbonyl (C=O) groups excluding carboxylic acids is 1. The highest BCUT2D eigenvalue weighted by atomic mass is 16.6. The number of carbonyl (C=O) groups is 1. The van der Waals surface area contributed by atoms with Crippen molar-refractivity contribution >= 4 is 12.1 Å². The lowest BCUT2D eigenvalue weighted by molar-refractivity contribution is 0.0963. The first-order valence-electron chi connectivity index (χ1n) is 11.5. The van der Waals surface area contributed by atoms with Gasteiger partial charge in [-0.05, 0) is 32.3 Å². The molecule has 0 radical (unpaired) electrons. The zero-order valence-electron chi connectivity index (χ0n) is 19.4. The number of guanidine groups is 1. The zero-order valence-corrected chi connectivity index (χ0v) is 19.4. The molecular formula is C23H35N7O2. The van der Waals surface area contributed by atoms with E-state index in [0.717, 1.165) is 37.6 Å². The van der Waals surface area contributed by atoms with Crippen molar-refractivity contribution in [2.75, 3.05) is 26.2 Å². The van der Waals surface area contributed by atoms with Crippen molar-refractivity contribution in [2.45, 2.75) is 59.2 Å². The van der Waals surface area contributed by atoms with Crippen LogP contribution in [0.1, 0.15) is 43.6 Å². The maximum absolute atomic E-state index is 12.0. The topological polar surface area (TPSA) is 96.7 Å². The van der Waals surface area contributed by atoms with E-state index in [1.807, 2.05) is 6.92 Å². The van der Waals surface area contributed by atoms with Gasteiger partial charge in [-0.15, -0.1) is 10.2 Å². The van der Waals surface area contributed by atoms with E-state index in [0.29, 0.717) is 32.8 Å². The molecular weight excluding hydrogens is 406 g/mol. The van der Waals surface area contributed by atoms with Gasteiger partial charge in [0, 0.05) is 38.6 Å². The molecule has 9 heteroatoms. The second-order valence-corrected chi connectivity index (χ2v) is 7.98. The van der Waals surface area contributed by atoms with E-state index >= 15 is 0 Å². The van der Waals surface area contributed by atoms with Gasteiger partial charge in [-0.3, -0.25) is 0 Å². The van der Waals surface area contributed by atoms with Crippen LogP contribution in [0.5, 0.6) is 0 Å². The number of likely N-dealkylation sites (tertiary alicyclic amines) is 1. The van der Waals surface area contributed by atoms with E-state index in [1.54, 1.807) is 11.2 Å². The SMILES string of the molecule is CCOC(=O)N1CCC(NC(=NCc2ccc(C)cc2)NCCn2cnnc2CC)CC1. The minimum atomic E-state index is -0.224. The van der Waals surface area contributed by atoms with Crippen LogP contribution in [0.15, 0.2) is 35.6 Å². The number of aliphatic imine (C=N–C) groups is 1. The Kier molecular flexibility index (Phi) is 8.89. The van der Waals surface area contributed by atoms with Gasteiger partial charge in [0.05, 0.1) is 13.2 Å². The molecule has 2 N–H and O–H groups in total. The lowest BCUT2D eigenvalue weighted by Crippen LogP contribution is -2.50. The van der Waals surface area contributed by atoms with E-state index in [2.05, 4.69) is 63.5 Å². The average molecular weight is 442 g/mol. The number of nitrogens with one attached hydrogen (secondary N) is 2. The van der Waals surface area contributed by atoms with Crippen LogP contribution in [0.25, 0.3) is 0 Å². The zero-order chi connectivity index (χ0) is 22.8. The molecule has 0 aliphatic carbocycles. The van der Waals surface area contributed by atoms with Crippen LogP contribution in [0.4, 0.5) is 4.79 Å². The molecule has 0 unspecified atom stereocenters. The summed E-state index contributed by atoms with van der Waals surface area (Å²) in [6.07, 6.45) is 4.11. The van der Waals surface area contributed by atoms with Crippen molar-refractivity contribution in [3.05, 3.63) is 47.5 Å². The van der Waals surface area contributed by atoms with Crippen molar-refractivity contribution in [3.8, 4) is 0 Å². The molecule has 2 aromatic rings. The molecule has 1 aromatic carbocycles. The maximum atomic E-state index is 12.0. The molecule has 174 valence electrons. The molecule has 32 heavy (non-hydrogen) atoms. The normalized spacial score (nSPS) is 15.0. The fraction of sp³-hybridized carbons (Fsp3) is 0.565. The minimum absolute atomic E-state index is 0.224. The van der Waals surface area contributed by atoms with Crippen LogP contribution >= 0.6 is 0 Å². The number of benzene rings is 1. The Labute approximate surface area is 190 Å².